The first kappa shape index (κ1) is 14.2. The van der Waals surface area contributed by atoms with E-state index in [1.54, 1.807) is 0 Å². The van der Waals surface area contributed by atoms with Crippen LogP contribution in [-0.4, -0.2) is 12.1 Å². The van der Waals surface area contributed by atoms with Gasteiger partial charge < -0.3 is 0 Å². The van der Waals surface area contributed by atoms with E-state index in [0.29, 0.717) is 17.9 Å². The molecule has 0 bridgehead atoms. The largest absolute Gasteiger partial charge is 0.298 e. The maximum atomic E-state index is 9.16. The van der Waals surface area contributed by atoms with E-state index in [9.17, 15) is 0 Å². The van der Waals surface area contributed by atoms with E-state index < -0.39 is 0 Å². The van der Waals surface area contributed by atoms with Gasteiger partial charge in [0.1, 0.15) is 6.04 Å². The van der Waals surface area contributed by atoms with E-state index in [1.165, 1.54) is 31.2 Å². The van der Waals surface area contributed by atoms with Crippen LogP contribution in [0.25, 0.3) is 0 Å². The molecule has 1 aliphatic heterocycles. The summed E-state index contributed by atoms with van der Waals surface area (Å²) in [4.78, 5) is 0. The fourth-order valence-electron chi connectivity index (χ4n) is 3.51. The van der Waals surface area contributed by atoms with Gasteiger partial charge in [-0.15, -0.1) is 0 Å². The topological polar surface area (TPSA) is 35.8 Å². The summed E-state index contributed by atoms with van der Waals surface area (Å²) in [6, 6.07) is 11.3. The molecule has 2 heteroatoms. The molecule has 3 rings (SSSR count). The third kappa shape index (κ3) is 2.97. The van der Waals surface area contributed by atoms with E-state index in [0.717, 1.165) is 12.0 Å². The molecule has 1 aromatic carbocycles. The third-order valence-corrected chi connectivity index (χ3v) is 4.84. The van der Waals surface area contributed by atoms with Crippen molar-refractivity contribution in [1.82, 2.24) is 5.32 Å². The lowest BCUT2D eigenvalue weighted by Gasteiger charge is -2.42. The van der Waals surface area contributed by atoms with E-state index in [-0.39, 0.29) is 6.04 Å². The highest BCUT2D eigenvalue weighted by atomic mass is 15.1. The molecular formula is C19H22N2. The van der Waals surface area contributed by atoms with Gasteiger partial charge in [0.05, 0.1) is 6.07 Å². The molecule has 2 aliphatic rings. The maximum absolute atomic E-state index is 9.16. The summed E-state index contributed by atoms with van der Waals surface area (Å²) in [5.74, 6) is 7.64. The smallest absolute Gasteiger partial charge is 0.104 e. The number of hydrogen-bond acceptors (Lipinski definition) is 2. The average molecular weight is 278 g/mol. The fraction of sp³-hybridized carbons (Fsp3) is 0.526. The molecule has 2 nitrogen and oxygen atoms in total. The molecule has 1 heterocycles. The van der Waals surface area contributed by atoms with E-state index in [2.05, 4.69) is 54.4 Å². The van der Waals surface area contributed by atoms with E-state index >= 15 is 0 Å². The average Bonchev–Trinajstić information content (AvgIpc) is 3.00. The minimum absolute atomic E-state index is 0.0367. The Hall–Kier alpha value is -1.77. The molecule has 3 atom stereocenters. The molecule has 0 amide bonds. The van der Waals surface area contributed by atoms with Crippen molar-refractivity contribution >= 4 is 0 Å². The molecule has 1 saturated heterocycles. The third-order valence-electron chi connectivity index (χ3n) is 4.84. The van der Waals surface area contributed by atoms with Gasteiger partial charge in [-0.2, -0.15) is 5.26 Å². The van der Waals surface area contributed by atoms with Crippen LogP contribution in [0.3, 0.4) is 0 Å². The molecular weight excluding hydrogens is 256 g/mol. The zero-order valence-corrected chi connectivity index (χ0v) is 12.6. The second-order valence-corrected chi connectivity index (χ2v) is 6.19. The molecule has 2 fully saturated rings. The number of rotatable bonds is 2. The van der Waals surface area contributed by atoms with Crippen molar-refractivity contribution in [2.24, 2.45) is 5.92 Å². The molecule has 0 spiro atoms. The zero-order valence-electron chi connectivity index (χ0n) is 12.6. The molecule has 1 aromatic rings. The number of nitriles is 1. The lowest BCUT2D eigenvalue weighted by molar-refractivity contribution is 0.250. The van der Waals surface area contributed by atoms with Crippen molar-refractivity contribution in [2.75, 3.05) is 0 Å². The van der Waals surface area contributed by atoms with Crippen molar-refractivity contribution in [3.05, 3.63) is 35.4 Å². The van der Waals surface area contributed by atoms with Gasteiger partial charge in [-0.1, -0.05) is 43.7 Å². The number of benzene rings is 1. The van der Waals surface area contributed by atoms with Crippen LogP contribution >= 0.6 is 0 Å². The molecule has 1 aliphatic carbocycles. The van der Waals surface area contributed by atoms with Crippen LogP contribution in [-0.2, 0) is 0 Å². The Morgan fingerprint density at radius 2 is 1.90 bits per heavy atom. The van der Waals surface area contributed by atoms with Gasteiger partial charge in [-0.3, -0.25) is 5.32 Å². The lowest BCUT2D eigenvalue weighted by Crippen LogP contribution is -2.58. The Balaban J connectivity index is 1.70. The Bertz CT molecular complexity index is 579. The molecule has 0 radical (unpaired) electrons. The van der Waals surface area contributed by atoms with Crippen LogP contribution in [0.2, 0.25) is 0 Å². The first-order valence-electron chi connectivity index (χ1n) is 8.09. The highest BCUT2D eigenvalue weighted by Gasteiger charge is 2.40. The molecule has 1 saturated carbocycles. The first-order chi connectivity index (χ1) is 10.3. The quantitative estimate of drug-likeness (QED) is 0.839. The predicted octanol–water partition coefficient (Wildman–Crippen LogP) is 3.59. The Morgan fingerprint density at radius 1 is 1.19 bits per heavy atom. The Labute approximate surface area is 127 Å². The minimum atomic E-state index is -0.0367. The van der Waals surface area contributed by atoms with Crippen molar-refractivity contribution < 1.29 is 0 Å². The molecule has 108 valence electrons. The lowest BCUT2D eigenvalue weighted by atomic mass is 9.77. The molecule has 0 aromatic heterocycles. The maximum Gasteiger partial charge on any atom is 0.104 e. The van der Waals surface area contributed by atoms with Crippen molar-refractivity contribution in [2.45, 2.75) is 57.0 Å². The van der Waals surface area contributed by atoms with Crippen molar-refractivity contribution in [1.29, 1.82) is 5.26 Å². The first-order valence-corrected chi connectivity index (χ1v) is 8.09. The van der Waals surface area contributed by atoms with Crippen molar-refractivity contribution in [3.8, 4) is 17.9 Å². The number of nitrogens with one attached hydrogen (secondary N) is 1. The van der Waals surface area contributed by atoms with Gasteiger partial charge >= 0.3 is 0 Å². The van der Waals surface area contributed by atoms with Crippen LogP contribution in [0.1, 0.15) is 56.1 Å². The van der Waals surface area contributed by atoms with Gasteiger partial charge in [0.25, 0.3) is 0 Å². The molecule has 1 unspecified atom stereocenters. The van der Waals surface area contributed by atoms with Crippen LogP contribution in [0, 0.1) is 29.1 Å². The van der Waals surface area contributed by atoms with Gasteiger partial charge in [0.15, 0.2) is 0 Å². The summed E-state index contributed by atoms with van der Waals surface area (Å²) < 4.78 is 0. The Morgan fingerprint density at radius 3 is 2.52 bits per heavy atom. The zero-order chi connectivity index (χ0) is 14.7. The summed E-state index contributed by atoms with van der Waals surface area (Å²) in [6.45, 7) is 2.17. The van der Waals surface area contributed by atoms with E-state index in [1.807, 2.05) is 0 Å². The second-order valence-electron chi connectivity index (χ2n) is 6.19. The minimum Gasteiger partial charge on any atom is -0.298 e. The summed E-state index contributed by atoms with van der Waals surface area (Å²) in [5.41, 5.74) is 2.36. The summed E-state index contributed by atoms with van der Waals surface area (Å²) in [7, 11) is 0. The fourth-order valence-corrected chi connectivity index (χ4v) is 3.51. The highest BCUT2D eigenvalue weighted by molar-refractivity contribution is 5.40. The number of nitrogens with zero attached hydrogens (tertiary/aromatic N) is 1. The van der Waals surface area contributed by atoms with Gasteiger partial charge in [0, 0.05) is 23.4 Å². The van der Waals surface area contributed by atoms with Crippen LogP contribution in [0.15, 0.2) is 24.3 Å². The van der Waals surface area contributed by atoms with Crippen molar-refractivity contribution in [3.63, 3.8) is 0 Å². The monoisotopic (exact) mass is 278 g/mol. The van der Waals surface area contributed by atoms with Crippen LogP contribution < -0.4 is 5.32 Å². The standard InChI is InChI=1S/C19H22N2/c1-2-17-19(18(13-20)21-17)16-11-9-15(10-12-16)8-7-14-5-3-4-6-14/h9-12,14,17-19,21H,2-6H2,1H3/t17?,18-,19+/m1/s1. The van der Waals surface area contributed by atoms with Gasteiger partial charge in [0.2, 0.25) is 0 Å². The summed E-state index contributed by atoms with van der Waals surface area (Å²) >= 11 is 0. The Kier molecular flexibility index (Phi) is 4.28. The van der Waals surface area contributed by atoms with Crippen LogP contribution in [0.5, 0.6) is 0 Å². The summed E-state index contributed by atoms with van der Waals surface area (Å²) in [5, 5.41) is 12.5. The molecule has 21 heavy (non-hydrogen) atoms. The normalized spacial score (nSPS) is 28.3. The molecule has 1 N–H and O–H groups in total. The number of hydrogen-bond donors (Lipinski definition) is 1. The highest BCUT2D eigenvalue weighted by Crippen LogP contribution is 2.33. The van der Waals surface area contributed by atoms with E-state index in [4.69, 9.17) is 5.26 Å². The van der Waals surface area contributed by atoms with Crippen LogP contribution in [0.4, 0.5) is 0 Å². The summed E-state index contributed by atoms with van der Waals surface area (Å²) in [6.07, 6.45) is 6.26. The SMILES string of the molecule is CCC1N[C@H](C#N)[C@H]1c1ccc(C#CC2CCCC2)cc1. The second kappa shape index (κ2) is 6.33. The predicted molar refractivity (Wildman–Crippen MR) is 84.6 cm³/mol. The van der Waals surface area contributed by atoms with Gasteiger partial charge in [-0.25, -0.2) is 0 Å². The van der Waals surface area contributed by atoms with Gasteiger partial charge in [-0.05, 0) is 37.0 Å².